The third kappa shape index (κ3) is 5.76. The summed E-state index contributed by atoms with van der Waals surface area (Å²) in [4.78, 5) is 14.2. The summed E-state index contributed by atoms with van der Waals surface area (Å²) in [5, 5.41) is 5.93. The van der Waals surface area contributed by atoms with E-state index in [0.717, 1.165) is 17.1 Å². The molecule has 0 fully saturated rings. The minimum Gasteiger partial charge on any atom is -0.491 e. The van der Waals surface area contributed by atoms with Crippen LogP contribution >= 0.6 is 12.2 Å². The second-order valence-electron chi connectivity index (χ2n) is 6.04. The number of anilines is 2. The highest BCUT2D eigenvalue weighted by Crippen LogP contribution is 2.16. The monoisotopic (exact) mass is 357 g/mol. The molecule has 6 heteroatoms. The average molecular weight is 357 g/mol. The first-order valence-corrected chi connectivity index (χ1v) is 8.42. The minimum atomic E-state index is -0.265. The molecule has 25 heavy (non-hydrogen) atoms. The topological polar surface area (TPSA) is 53.6 Å². The van der Waals surface area contributed by atoms with Gasteiger partial charge in [0.15, 0.2) is 5.11 Å². The van der Waals surface area contributed by atoms with Crippen molar-refractivity contribution in [3.63, 3.8) is 0 Å². The van der Waals surface area contributed by atoms with Gasteiger partial charge in [0, 0.05) is 31.0 Å². The summed E-state index contributed by atoms with van der Waals surface area (Å²) in [5.41, 5.74) is 2.42. The zero-order valence-corrected chi connectivity index (χ0v) is 15.7. The molecule has 0 unspecified atom stereocenters. The van der Waals surface area contributed by atoms with Gasteiger partial charge in [0.2, 0.25) is 0 Å². The zero-order chi connectivity index (χ0) is 18.4. The lowest BCUT2D eigenvalue weighted by molar-refractivity contribution is 0.0977. The number of ether oxygens (including phenoxy) is 1. The van der Waals surface area contributed by atoms with Crippen LogP contribution in [-0.2, 0) is 0 Å². The van der Waals surface area contributed by atoms with Gasteiger partial charge in [0.1, 0.15) is 5.75 Å². The molecule has 2 N–H and O–H groups in total. The molecule has 0 aliphatic rings. The van der Waals surface area contributed by atoms with E-state index in [1.54, 1.807) is 24.3 Å². The van der Waals surface area contributed by atoms with Gasteiger partial charge >= 0.3 is 0 Å². The number of rotatable bonds is 5. The normalized spacial score (nSPS) is 10.3. The SMILES string of the molecule is CC(C)Oc1ccc(C(=O)NC(=S)Nc2ccc(N(C)C)cc2)cc1. The van der Waals surface area contributed by atoms with Crippen LogP contribution < -0.4 is 20.3 Å². The van der Waals surface area contributed by atoms with Crippen molar-refractivity contribution in [3.05, 3.63) is 54.1 Å². The standard InChI is InChI=1S/C19H23N3O2S/c1-13(2)24-17-11-5-14(6-12-17)18(23)21-19(25)20-15-7-9-16(10-8-15)22(3)4/h5-13H,1-4H3,(H2,20,21,23,25). The molecule has 0 saturated heterocycles. The highest BCUT2D eigenvalue weighted by molar-refractivity contribution is 7.80. The molecule has 0 bridgehead atoms. The second kappa shape index (κ2) is 8.48. The molecule has 0 aromatic heterocycles. The molecule has 0 atom stereocenters. The summed E-state index contributed by atoms with van der Waals surface area (Å²) < 4.78 is 5.56. The first kappa shape index (κ1) is 18.7. The third-order valence-corrected chi connectivity index (χ3v) is 3.56. The van der Waals surface area contributed by atoms with Crippen molar-refractivity contribution in [2.24, 2.45) is 0 Å². The Kier molecular flexibility index (Phi) is 6.36. The molecule has 0 heterocycles. The summed E-state index contributed by atoms with van der Waals surface area (Å²) >= 11 is 5.20. The van der Waals surface area contributed by atoms with Gasteiger partial charge in [-0.3, -0.25) is 10.1 Å². The van der Waals surface area contributed by atoms with E-state index in [2.05, 4.69) is 10.6 Å². The molecule has 2 aromatic rings. The maximum absolute atomic E-state index is 12.2. The van der Waals surface area contributed by atoms with Gasteiger partial charge in [-0.2, -0.15) is 0 Å². The van der Waals surface area contributed by atoms with Crippen LogP contribution in [-0.4, -0.2) is 31.2 Å². The quantitative estimate of drug-likeness (QED) is 0.800. The lowest BCUT2D eigenvalue weighted by Crippen LogP contribution is -2.34. The van der Waals surface area contributed by atoms with Crippen molar-refractivity contribution >= 4 is 34.6 Å². The number of hydrogen-bond donors (Lipinski definition) is 2. The molecule has 5 nitrogen and oxygen atoms in total. The maximum Gasteiger partial charge on any atom is 0.257 e. The molecule has 0 radical (unpaired) electrons. The van der Waals surface area contributed by atoms with Crippen LogP contribution in [0.25, 0.3) is 0 Å². The molecule has 0 aliphatic carbocycles. The fourth-order valence-electron chi connectivity index (χ4n) is 2.14. The molecule has 2 rings (SSSR count). The number of benzene rings is 2. The van der Waals surface area contributed by atoms with E-state index in [-0.39, 0.29) is 17.1 Å². The number of amides is 1. The molecule has 0 saturated carbocycles. The fraction of sp³-hybridized carbons (Fsp3) is 0.263. The molecular formula is C19H23N3O2S. The van der Waals surface area contributed by atoms with Gasteiger partial charge in [0.25, 0.3) is 5.91 Å². The summed E-state index contributed by atoms with van der Waals surface area (Å²) in [6.07, 6.45) is 0.0929. The lowest BCUT2D eigenvalue weighted by Gasteiger charge is -2.14. The van der Waals surface area contributed by atoms with E-state index in [1.165, 1.54) is 0 Å². The van der Waals surface area contributed by atoms with E-state index >= 15 is 0 Å². The van der Waals surface area contributed by atoms with Crippen molar-refractivity contribution in [3.8, 4) is 5.75 Å². The predicted molar refractivity (Wildman–Crippen MR) is 107 cm³/mol. The van der Waals surface area contributed by atoms with Gasteiger partial charge in [-0.15, -0.1) is 0 Å². The Bertz CT molecular complexity index is 725. The van der Waals surface area contributed by atoms with E-state index in [0.29, 0.717) is 5.56 Å². The number of nitrogens with zero attached hydrogens (tertiary/aromatic N) is 1. The predicted octanol–water partition coefficient (Wildman–Crippen LogP) is 3.67. The van der Waals surface area contributed by atoms with E-state index in [9.17, 15) is 4.79 Å². The Morgan fingerprint density at radius 2 is 1.64 bits per heavy atom. The summed E-state index contributed by atoms with van der Waals surface area (Å²) in [5.74, 6) is 0.465. The Hall–Kier alpha value is -2.60. The Balaban J connectivity index is 1.92. The highest BCUT2D eigenvalue weighted by Gasteiger charge is 2.09. The highest BCUT2D eigenvalue weighted by atomic mass is 32.1. The molecule has 1 amide bonds. The van der Waals surface area contributed by atoms with E-state index in [1.807, 2.05) is 57.1 Å². The van der Waals surface area contributed by atoms with Crippen molar-refractivity contribution in [2.75, 3.05) is 24.3 Å². The Morgan fingerprint density at radius 1 is 1.04 bits per heavy atom. The third-order valence-electron chi connectivity index (χ3n) is 3.36. The maximum atomic E-state index is 12.2. The first-order valence-electron chi connectivity index (χ1n) is 8.01. The number of carbonyl (C=O) groups is 1. The summed E-state index contributed by atoms with van der Waals surface area (Å²) in [7, 11) is 3.95. The molecular weight excluding hydrogens is 334 g/mol. The number of carbonyl (C=O) groups excluding carboxylic acids is 1. The average Bonchev–Trinajstić information content (AvgIpc) is 2.55. The van der Waals surface area contributed by atoms with Gasteiger partial charge in [-0.05, 0) is 74.6 Å². The molecule has 132 valence electrons. The van der Waals surface area contributed by atoms with Crippen LogP contribution in [0.2, 0.25) is 0 Å². The van der Waals surface area contributed by atoms with E-state index in [4.69, 9.17) is 17.0 Å². The zero-order valence-electron chi connectivity index (χ0n) is 14.9. The molecule has 0 spiro atoms. The molecule has 2 aromatic carbocycles. The van der Waals surface area contributed by atoms with Crippen LogP contribution in [0.3, 0.4) is 0 Å². The summed E-state index contributed by atoms with van der Waals surface area (Å²) in [6.45, 7) is 3.91. The van der Waals surface area contributed by atoms with Crippen LogP contribution in [0.1, 0.15) is 24.2 Å². The van der Waals surface area contributed by atoms with Gasteiger partial charge < -0.3 is 15.0 Å². The van der Waals surface area contributed by atoms with Gasteiger partial charge in [-0.1, -0.05) is 0 Å². The summed E-state index contributed by atoms with van der Waals surface area (Å²) in [6, 6.07) is 14.7. The number of nitrogens with one attached hydrogen (secondary N) is 2. The van der Waals surface area contributed by atoms with Crippen LogP contribution in [0.4, 0.5) is 11.4 Å². The molecule has 0 aliphatic heterocycles. The smallest absolute Gasteiger partial charge is 0.257 e. The van der Waals surface area contributed by atoms with Crippen molar-refractivity contribution < 1.29 is 9.53 Å². The van der Waals surface area contributed by atoms with Crippen LogP contribution in [0.15, 0.2) is 48.5 Å². The Labute approximate surface area is 154 Å². The van der Waals surface area contributed by atoms with Crippen molar-refractivity contribution in [1.29, 1.82) is 0 Å². The van der Waals surface area contributed by atoms with Crippen molar-refractivity contribution in [2.45, 2.75) is 20.0 Å². The van der Waals surface area contributed by atoms with Gasteiger partial charge in [0.05, 0.1) is 6.10 Å². The minimum absolute atomic E-state index is 0.0929. The Morgan fingerprint density at radius 3 is 2.16 bits per heavy atom. The van der Waals surface area contributed by atoms with Crippen LogP contribution in [0, 0.1) is 0 Å². The van der Waals surface area contributed by atoms with E-state index < -0.39 is 0 Å². The first-order chi connectivity index (χ1) is 11.8. The number of hydrogen-bond acceptors (Lipinski definition) is 4. The fourth-order valence-corrected chi connectivity index (χ4v) is 2.35. The lowest BCUT2D eigenvalue weighted by atomic mass is 10.2. The van der Waals surface area contributed by atoms with Crippen LogP contribution in [0.5, 0.6) is 5.75 Å². The number of thiocarbonyl (C=S) groups is 1. The second-order valence-corrected chi connectivity index (χ2v) is 6.45. The largest absolute Gasteiger partial charge is 0.491 e. The van der Waals surface area contributed by atoms with Gasteiger partial charge in [-0.25, -0.2) is 0 Å². The van der Waals surface area contributed by atoms with Crippen molar-refractivity contribution in [1.82, 2.24) is 5.32 Å².